The van der Waals surface area contributed by atoms with Crippen LogP contribution in [0.15, 0.2) is 18.3 Å². The van der Waals surface area contributed by atoms with Crippen molar-refractivity contribution in [2.75, 3.05) is 32.1 Å². The molecule has 1 saturated carbocycles. The number of aromatic nitrogens is 1. The minimum Gasteiger partial charge on any atom is -0.481 e. The molecule has 5 nitrogen and oxygen atoms in total. The molecule has 1 N–H and O–H groups in total. The topological polar surface area (TPSA) is 56.7 Å². The van der Waals surface area contributed by atoms with E-state index in [1.165, 1.54) is 5.56 Å². The molecule has 0 aromatic carbocycles. The van der Waals surface area contributed by atoms with Crippen LogP contribution in [0, 0.1) is 17.8 Å². The summed E-state index contributed by atoms with van der Waals surface area (Å²) in [4.78, 5) is 19.6. The van der Waals surface area contributed by atoms with Gasteiger partial charge in [0.05, 0.1) is 5.92 Å². The summed E-state index contributed by atoms with van der Waals surface area (Å²) in [5, 5.41) is 8.98. The van der Waals surface area contributed by atoms with Crippen molar-refractivity contribution in [2.24, 2.45) is 17.8 Å². The average molecular weight is 261 g/mol. The first-order valence-corrected chi connectivity index (χ1v) is 6.63. The van der Waals surface area contributed by atoms with Gasteiger partial charge in [0.2, 0.25) is 0 Å². The number of aliphatic carboxylic acids is 1. The van der Waals surface area contributed by atoms with Gasteiger partial charge in [-0.3, -0.25) is 9.69 Å². The highest BCUT2D eigenvalue weighted by atomic mass is 16.4. The maximum atomic E-state index is 10.9. The maximum Gasteiger partial charge on any atom is 0.307 e. The number of hydrogen-bond donors (Lipinski definition) is 1. The highest BCUT2D eigenvalue weighted by Crippen LogP contribution is 2.51. The van der Waals surface area contributed by atoms with E-state index in [9.17, 15) is 4.79 Å². The molecule has 1 saturated heterocycles. The van der Waals surface area contributed by atoms with Crippen LogP contribution in [0.2, 0.25) is 0 Å². The molecule has 3 rings (SSSR count). The second kappa shape index (κ2) is 4.49. The van der Waals surface area contributed by atoms with Crippen LogP contribution in [-0.4, -0.2) is 48.1 Å². The summed E-state index contributed by atoms with van der Waals surface area (Å²) < 4.78 is 0. The number of hydrogen-bond acceptors (Lipinski definition) is 4. The molecule has 2 heterocycles. The number of rotatable bonds is 4. The molecule has 1 aliphatic heterocycles. The Morgan fingerprint density at radius 3 is 2.58 bits per heavy atom. The minimum absolute atomic E-state index is 0.0782. The monoisotopic (exact) mass is 261 g/mol. The number of carbonyl (C=O) groups is 1. The predicted octanol–water partition coefficient (Wildman–Crippen LogP) is 0.910. The van der Waals surface area contributed by atoms with Crippen LogP contribution in [0.25, 0.3) is 0 Å². The van der Waals surface area contributed by atoms with E-state index in [2.05, 4.69) is 16.0 Å². The Balaban J connectivity index is 1.55. The largest absolute Gasteiger partial charge is 0.481 e. The fraction of sp³-hybridized carbons (Fsp3) is 0.571. The van der Waals surface area contributed by atoms with E-state index in [1.807, 2.05) is 31.3 Å². The molecule has 19 heavy (non-hydrogen) atoms. The van der Waals surface area contributed by atoms with Crippen molar-refractivity contribution < 1.29 is 9.90 Å². The molecule has 102 valence electrons. The molecule has 5 heteroatoms. The smallest absolute Gasteiger partial charge is 0.307 e. The molecule has 2 aliphatic rings. The fourth-order valence-corrected chi connectivity index (χ4v) is 3.14. The summed E-state index contributed by atoms with van der Waals surface area (Å²) in [6.45, 7) is 2.70. The van der Waals surface area contributed by atoms with Crippen molar-refractivity contribution in [3.8, 4) is 0 Å². The van der Waals surface area contributed by atoms with Crippen LogP contribution < -0.4 is 4.90 Å². The van der Waals surface area contributed by atoms with Gasteiger partial charge in [0, 0.05) is 39.9 Å². The molecule has 0 radical (unpaired) electrons. The van der Waals surface area contributed by atoms with Crippen molar-refractivity contribution in [1.29, 1.82) is 0 Å². The molecule has 1 unspecified atom stereocenters. The standard InChI is InChI=1S/C14H19N3O2/c1-16(2)12-4-3-9(5-15-12)6-17-7-10-11(8-17)13(10)14(18)19/h3-5,10-11,13H,6-8H2,1-2H3,(H,18,19)/t10-,11+,13?. The average Bonchev–Trinajstić information content (AvgIpc) is 2.88. The quantitative estimate of drug-likeness (QED) is 0.873. The van der Waals surface area contributed by atoms with Crippen molar-refractivity contribution in [3.05, 3.63) is 23.9 Å². The van der Waals surface area contributed by atoms with Gasteiger partial charge < -0.3 is 10.0 Å². The molecular formula is C14H19N3O2. The zero-order valence-electron chi connectivity index (χ0n) is 11.3. The Hall–Kier alpha value is -1.62. The van der Waals surface area contributed by atoms with Crippen LogP contribution in [-0.2, 0) is 11.3 Å². The first-order valence-electron chi connectivity index (χ1n) is 6.63. The van der Waals surface area contributed by atoms with Crippen molar-refractivity contribution >= 4 is 11.8 Å². The maximum absolute atomic E-state index is 10.9. The summed E-state index contributed by atoms with van der Waals surface area (Å²) in [5.41, 5.74) is 1.19. The highest BCUT2D eigenvalue weighted by Gasteiger charge is 2.59. The van der Waals surface area contributed by atoms with E-state index in [-0.39, 0.29) is 5.92 Å². The molecule has 2 fully saturated rings. The lowest BCUT2D eigenvalue weighted by atomic mass is 10.2. The third-order valence-corrected chi connectivity index (χ3v) is 4.23. The predicted molar refractivity (Wildman–Crippen MR) is 71.9 cm³/mol. The lowest BCUT2D eigenvalue weighted by Crippen LogP contribution is -2.26. The van der Waals surface area contributed by atoms with Crippen molar-refractivity contribution in [3.63, 3.8) is 0 Å². The zero-order valence-corrected chi connectivity index (χ0v) is 11.3. The Kier molecular flexibility index (Phi) is 2.93. The van der Waals surface area contributed by atoms with Crippen LogP contribution >= 0.6 is 0 Å². The van der Waals surface area contributed by atoms with Gasteiger partial charge in [-0.1, -0.05) is 6.07 Å². The molecule has 0 bridgehead atoms. The summed E-state index contributed by atoms with van der Waals surface area (Å²) in [7, 11) is 3.95. The van der Waals surface area contributed by atoms with Crippen LogP contribution in [0.1, 0.15) is 5.56 Å². The van der Waals surface area contributed by atoms with Crippen LogP contribution in [0.4, 0.5) is 5.82 Å². The number of carboxylic acid groups (broad SMARTS) is 1. The third kappa shape index (κ3) is 2.30. The first-order chi connectivity index (χ1) is 9.06. The number of anilines is 1. The minimum atomic E-state index is -0.619. The lowest BCUT2D eigenvalue weighted by molar-refractivity contribution is -0.139. The summed E-state index contributed by atoms with van der Waals surface area (Å²) in [6, 6.07) is 4.12. The van der Waals surface area contributed by atoms with Gasteiger partial charge in [0.25, 0.3) is 0 Å². The van der Waals surface area contributed by atoms with E-state index in [4.69, 9.17) is 5.11 Å². The zero-order chi connectivity index (χ0) is 13.6. The van der Waals surface area contributed by atoms with Gasteiger partial charge in [-0.2, -0.15) is 0 Å². The first kappa shape index (κ1) is 12.4. The second-order valence-corrected chi connectivity index (χ2v) is 5.80. The highest BCUT2D eigenvalue weighted by molar-refractivity contribution is 5.74. The van der Waals surface area contributed by atoms with E-state index < -0.39 is 5.97 Å². The number of nitrogens with zero attached hydrogens (tertiary/aromatic N) is 3. The Morgan fingerprint density at radius 1 is 1.42 bits per heavy atom. The fourth-order valence-electron chi connectivity index (χ4n) is 3.14. The summed E-state index contributed by atoms with van der Waals surface area (Å²) in [6.07, 6.45) is 1.91. The molecule has 1 aromatic heterocycles. The van der Waals surface area contributed by atoms with E-state index in [1.54, 1.807) is 0 Å². The number of carboxylic acids is 1. The summed E-state index contributed by atoms with van der Waals surface area (Å²) in [5.74, 6) is 1.02. The molecule has 1 aliphatic carbocycles. The molecule has 3 atom stereocenters. The van der Waals surface area contributed by atoms with Gasteiger partial charge in [0.1, 0.15) is 5.82 Å². The van der Waals surface area contributed by atoms with E-state index in [0.29, 0.717) is 11.8 Å². The van der Waals surface area contributed by atoms with E-state index >= 15 is 0 Å². The van der Waals surface area contributed by atoms with Crippen molar-refractivity contribution in [1.82, 2.24) is 9.88 Å². The molecule has 0 amide bonds. The van der Waals surface area contributed by atoms with Crippen LogP contribution in [0.5, 0.6) is 0 Å². The molecular weight excluding hydrogens is 242 g/mol. The van der Waals surface area contributed by atoms with Crippen molar-refractivity contribution in [2.45, 2.75) is 6.54 Å². The van der Waals surface area contributed by atoms with Crippen LogP contribution in [0.3, 0.4) is 0 Å². The number of likely N-dealkylation sites (tertiary alicyclic amines) is 1. The Labute approximate surface area is 112 Å². The van der Waals surface area contributed by atoms with Gasteiger partial charge in [-0.25, -0.2) is 4.98 Å². The molecule has 1 aromatic rings. The van der Waals surface area contributed by atoms with Gasteiger partial charge in [-0.05, 0) is 23.5 Å². The van der Waals surface area contributed by atoms with E-state index in [0.717, 1.165) is 25.5 Å². The number of fused-ring (bicyclic) bond motifs is 1. The Bertz CT molecular complexity index is 474. The normalized spacial score (nSPS) is 29.1. The summed E-state index contributed by atoms with van der Waals surface area (Å²) >= 11 is 0. The van der Waals surface area contributed by atoms with Gasteiger partial charge >= 0.3 is 5.97 Å². The van der Waals surface area contributed by atoms with Gasteiger partial charge in [0.15, 0.2) is 0 Å². The molecule has 0 spiro atoms. The SMILES string of the molecule is CN(C)c1ccc(CN2C[C@@H]3C(C(=O)O)[C@@H]3C2)cn1. The number of piperidine rings is 1. The lowest BCUT2D eigenvalue weighted by Gasteiger charge is -2.19. The third-order valence-electron chi connectivity index (χ3n) is 4.23. The second-order valence-electron chi connectivity index (χ2n) is 5.80. The Morgan fingerprint density at radius 2 is 2.11 bits per heavy atom. The number of pyridine rings is 1. The van der Waals surface area contributed by atoms with Gasteiger partial charge in [-0.15, -0.1) is 0 Å².